The van der Waals surface area contributed by atoms with Crippen LogP contribution in [0, 0.1) is 0 Å². The molecule has 0 rings (SSSR count). The highest BCUT2D eigenvalue weighted by Crippen LogP contribution is 2.43. The fourth-order valence-corrected chi connectivity index (χ4v) is 5.86. The van der Waals surface area contributed by atoms with Crippen LogP contribution in [0.15, 0.2) is 109 Å². The topological polar surface area (TPSA) is 108 Å². The zero-order valence-electron chi connectivity index (χ0n) is 35.0. The summed E-state index contributed by atoms with van der Waals surface area (Å²) >= 11 is 0. The first-order chi connectivity index (χ1) is 27.3. The molecule has 0 aliphatic heterocycles. The molecular weight excluding hydrogens is 723 g/mol. The van der Waals surface area contributed by atoms with Crippen LogP contribution in [-0.2, 0) is 32.7 Å². The van der Waals surface area contributed by atoms with Crippen molar-refractivity contribution in [2.45, 2.75) is 155 Å². The zero-order valence-corrected chi connectivity index (χ0v) is 35.9. The van der Waals surface area contributed by atoms with Crippen molar-refractivity contribution in [1.82, 2.24) is 0 Å². The quantitative estimate of drug-likeness (QED) is 0.0286. The van der Waals surface area contributed by atoms with Crippen LogP contribution in [0.25, 0.3) is 0 Å². The molecule has 0 spiro atoms. The lowest BCUT2D eigenvalue weighted by atomic mass is 10.1. The lowest BCUT2D eigenvalue weighted by molar-refractivity contribution is -0.160. The average molecular weight is 799 g/mol. The number of esters is 2. The number of phosphoric acid groups is 1. The molecule has 2 atom stereocenters. The van der Waals surface area contributed by atoms with Crippen LogP contribution in [0.4, 0.5) is 0 Å². The van der Waals surface area contributed by atoms with Gasteiger partial charge in [-0.2, -0.15) is 0 Å². The maximum atomic E-state index is 12.5. The molecule has 56 heavy (non-hydrogen) atoms. The highest BCUT2D eigenvalue weighted by atomic mass is 31.2. The summed E-state index contributed by atoms with van der Waals surface area (Å²) in [4.78, 5) is 34.7. The number of phosphoric ester groups is 1. The molecule has 0 bridgehead atoms. The number of hydrogen-bond donors (Lipinski definition) is 1. The van der Waals surface area contributed by atoms with Gasteiger partial charge >= 0.3 is 19.8 Å². The van der Waals surface area contributed by atoms with Crippen molar-refractivity contribution < 1.29 is 37.6 Å². The predicted molar refractivity (Wildman–Crippen MR) is 234 cm³/mol. The highest BCUT2D eigenvalue weighted by Gasteiger charge is 2.25. The molecule has 0 aromatic heterocycles. The van der Waals surface area contributed by atoms with Crippen LogP contribution >= 0.6 is 7.82 Å². The fourth-order valence-electron chi connectivity index (χ4n) is 5.11. The molecule has 0 saturated heterocycles. The van der Waals surface area contributed by atoms with Gasteiger partial charge in [0.15, 0.2) is 6.10 Å². The van der Waals surface area contributed by atoms with Crippen LogP contribution in [0.2, 0.25) is 0 Å². The first-order valence-electron chi connectivity index (χ1n) is 21.2. The van der Waals surface area contributed by atoms with Gasteiger partial charge in [-0.3, -0.25) is 18.6 Å². The Hall–Kier alpha value is -3.29. The second kappa shape index (κ2) is 41.3. The van der Waals surface area contributed by atoms with Gasteiger partial charge in [-0.25, -0.2) is 4.57 Å². The number of ether oxygens (including phenoxy) is 2. The van der Waals surface area contributed by atoms with Gasteiger partial charge < -0.3 is 14.4 Å². The van der Waals surface area contributed by atoms with Crippen molar-refractivity contribution >= 4 is 19.8 Å². The van der Waals surface area contributed by atoms with Gasteiger partial charge in [0.2, 0.25) is 0 Å². The SMILES string of the molecule is CC/C=C\C/C=C\C/C=C\C/C=C\C/C=C\CC(=O)OC(COC(=O)CCCCCCCCCC/C=C\C/C=C\C/C=C\C/C=C\CC)COP(=O)(O)OCC. The van der Waals surface area contributed by atoms with Crippen molar-refractivity contribution in [3.05, 3.63) is 109 Å². The van der Waals surface area contributed by atoms with E-state index >= 15 is 0 Å². The van der Waals surface area contributed by atoms with Gasteiger partial charge in [-0.15, -0.1) is 0 Å². The minimum atomic E-state index is -4.31. The molecule has 0 aliphatic carbocycles. The summed E-state index contributed by atoms with van der Waals surface area (Å²) in [5.74, 6) is -0.966. The van der Waals surface area contributed by atoms with E-state index in [0.717, 1.165) is 77.0 Å². The van der Waals surface area contributed by atoms with E-state index in [9.17, 15) is 19.0 Å². The Kier molecular flexibility index (Phi) is 38.9. The van der Waals surface area contributed by atoms with Gasteiger partial charge in [-0.05, 0) is 84.0 Å². The van der Waals surface area contributed by atoms with Crippen LogP contribution in [0.1, 0.15) is 149 Å². The molecule has 0 aromatic rings. The molecule has 1 N–H and O–H groups in total. The Morgan fingerprint density at radius 3 is 1.38 bits per heavy atom. The van der Waals surface area contributed by atoms with Gasteiger partial charge in [0.1, 0.15) is 6.61 Å². The number of hydrogen-bond acceptors (Lipinski definition) is 7. The second-order valence-corrected chi connectivity index (χ2v) is 14.7. The van der Waals surface area contributed by atoms with E-state index < -0.39 is 32.5 Å². The number of allylic oxidation sites excluding steroid dienone is 17. The third-order valence-electron chi connectivity index (χ3n) is 8.11. The molecule has 9 heteroatoms. The third kappa shape index (κ3) is 40.4. The Bertz CT molecular complexity index is 1270. The van der Waals surface area contributed by atoms with E-state index in [4.69, 9.17) is 18.5 Å². The first-order valence-corrected chi connectivity index (χ1v) is 22.7. The molecule has 316 valence electrons. The van der Waals surface area contributed by atoms with Crippen molar-refractivity contribution in [1.29, 1.82) is 0 Å². The summed E-state index contributed by atoms with van der Waals surface area (Å²) in [6.07, 6.45) is 56.0. The number of carbonyl (C=O) groups excluding carboxylic acids is 2. The molecule has 0 fully saturated rings. The van der Waals surface area contributed by atoms with Crippen molar-refractivity contribution in [2.24, 2.45) is 0 Å². The van der Waals surface area contributed by atoms with E-state index in [-0.39, 0.29) is 26.1 Å². The largest absolute Gasteiger partial charge is 0.472 e. The van der Waals surface area contributed by atoms with Gasteiger partial charge in [0, 0.05) is 6.42 Å². The van der Waals surface area contributed by atoms with Crippen LogP contribution in [-0.4, -0.2) is 42.8 Å². The van der Waals surface area contributed by atoms with Crippen molar-refractivity contribution in [3.8, 4) is 0 Å². The van der Waals surface area contributed by atoms with Crippen molar-refractivity contribution in [2.75, 3.05) is 19.8 Å². The Morgan fingerprint density at radius 2 is 0.911 bits per heavy atom. The van der Waals surface area contributed by atoms with E-state index in [1.54, 1.807) is 13.0 Å². The van der Waals surface area contributed by atoms with Crippen LogP contribution in [0.5, 0.6) is 0 Å². The zero-order chi connectivity index (χ0) is 41.1. The van der Waals surface area contributed by atoms with Crippen molar-refractivity contribution in [3.63, 3.8) is 0 Å². The van der Waals surface area contributed by atoms with E-state index in [0.29, 0.717) is 12.8 Å². The molecule has 0 saturated carbocycles. The van der Waals surface area contributed by atoms with Gasteiger partial charge in [0.25, 0.3) is 0 Å². The minimum absolute atomic E-state index is 0.00546. The Morgan fingerprint density at radius 1 is 0.500 bits per heavy atom. The molecule has 0 amide bonds. The molecular formula is C47H75O8P. The monoisotopic (exact) mass is 799 g/mol. The molecule has 8 nitrogen and oxygen atoms in total. The van der Waals surface area contributed by atoms with Gasteiger partial charge in [-0.1, -0.05) is 162 Å². The number of unbranched alkanes of at least 4 members (excludes halogenated alkanes) is 8. The predicted octanol–water partition coefficient (Wildman–Crippen LogP) is 13.4. The smallest absolute Gasteiger partial charge is 0.462 e. The van der Waals surface area contributed by atoms with Gasteiger partial charge in [0.05, 0.1) is 19.6 Å². The van der Waals surface area contributed by atoms with Crippen LogP contribution in [0.3, 0.4) is 0 Å². The van der Waals surface area contributed by atoms with E-state index in [1.807, 2.05) is 12.2 Å². The summed E-state index contributed by atoms with van der Waals surface area (Å²) < 4.78 is 32.5. The summed E-state index contributed by atoms with van der Waals surface area (Å²) in [5.41, 5.74) is 0. The maximum Gasteiger partial charge on any atom is 0.472 e. The summed E-state index contributed by atoms with van der Waals surface area (Å²) in [6, 6.07) is 0. The first kappa shape index (κ1) is 52.7. The summed E-state index contributed by atoms with van der Waals surface area (Å²) in [5, 5.41) is 0. The fraction of sp³-hybridized carbons (Fsp3) is 0.574. The molecule has 2 unspecified atom stereocenters. The normalized spacial score (nSPS) is 14.4. The number of carbonyl (C=O) groups is 2. The molecule has 0 aliphatic rings. The Labute approximate surface area is 340 Å². The molecule has 0 radical (unpaired) electrons. The Balaban J connectivity index is 4.21. The second-order valence-electron chi connectivity index (χ2n) is 13.3. The lowest BCUT2D eigenvalue weighted by Gasteiger charge is -2.19. The maximum absolute atomic E-state index is 12.5. The number of rotatable bonds is 37. The summed E-state index contributed by atoms with van der Waals surface area (Å²) in [6.45, 7) is 5.10. The molecule has 0 heterocycles. The third-order valence-corrected chi connectivity index (χ3v) is 9.17. The lowest BCUT2D eigenvalue weighted by Crippen LogP contribution is -2.29. The minimum Gasteiger partial charge on any atom is -0.462 e. The molecule has 0 aromatic carbocycles. The van der Waals surface area contributed by atoms with Crippen LogP contribution < -0.4 is 0 Å². The van der Waals surface area contributed by atoms with E-state index in [1.165, 1.54) is 25.7 Å². The highest BCUT2D eigenvalue weighted by molar-refractivity contribution is 7.47. The summed E-state index contributed by atoms with van der Waals surface area (Å²) in [7, 11) is -4.31. The average Bonchev–Trinajstić information content (AvgIpc) is 3.18. The standard InChI is InChI=1S/C47H75O8P/c1-4-7-9-11-13-15-17-19-21-22-23-24-25-26-28-29-31-33-35-37-39-41-46(48)52-43-45(44-54-56(50,51)53-6-3)55-47(49)42-40-38-36-34-32-30-27-20-18-16-14-12-10-8-5-2/h7-10,13-16,19-21,23-24,27,32,34,38,40,45H,4-6,11-12,17-18,22,25-26,28-31,33,35-37,39,41-44H2,1-3H3,(H,50,51)/b9-7-,10-8-,15-13-,16-14-,21-19-,24-23-,27-20-,34-32-,40-38-. The van der Waals surface area contributed by atoms with E-state index in [2.05, 4.69) is 105 Å².